The summed E-state index contributed by atoms with van der Waals surface area (Å²) in [5.74, 6) is 0.655. The Morgan fingerprint density at radius 1 is 1.50 bits per heavy atom. The predicted octanol–water partition coefficient (Wildman–Crippen LogP) is 1.47. The predicted molar refractivity (Wildman–Crippen MR) is 63.2 cm³/mol. The highest BCUT2D eigenvalue weighted by atomic mass is 16.1. The number of amides is 1. The van der Waals surface area contributed by atoms with E-state index in [2.05, 4.69) is 15.6 Å². The third-order valence-electron chi connectivity index (χ3n) is 2.52. The number of rotatable bonds is 5. The molecule has 1 aromatic rings. The molecule has 0 radical (unpaired) electrons. The molecule has 0 aliphatic heterocycles. The molecule has 86 valence electrons. The van der Waals surface area contributed by atoms with E-state index < -0.39 is 0 Å². The molecule has 4 heteroatoms. The van der Waals surface area contributed by atoms with Gasteiger partial charge in [-0.3, -0.25) is 4.79 Å². The number of pyridine rings is 1. The van der Waals surface area contributed by atoms with Gasteiger partial charge in [-0.2, -0.15) is 0 Å². The van der Waals surface area contributed by atoms with Gasteiger partial charge in [0.15, 0.2) is 0 Å². The van der Waals surface area contributed by atoms with Crippen molar-refractivity contribution in [3.63, 3.8) is 0 Å². The topological polar surface area (TPSA) is 54.0 Å². The Morgan fingerprint density at radius 2 is 2.31 bits per heavy atom. The summed E-state index contributed by atoms with van der Waals surface area (Å²) in [6.07, 6.45) is 3.01. The van der Waals surface area contributed by atoms with Gasteiger partial charge in [0.1, 0.15) is 5.82 Å². The van der Waals surface area contributed by atoms with Crippen LogP contribution in [0.1, 0.15) is 25.0 Å². The van der Waals surface area contributed by atoms with Gasteiger partial charge in [0.25, 0.3) is 0 Å². The van der Waals surface area contributed by atoms with Gasteiger partial charge in [-0.1, -0.05) is 6.07 Å². The van der Waals surface area contributed by atoms with Crippen molar-refractivity contribution in [3.8, 4) is 0 Å². The lowest BCUT2D eigenvalue weighted by Crippen LogP contribution is -2.23. The Morgan fingerprint density at radius 3 is 3.00 bits per heavy atom. The average molecular weight is 219 g/mol. The normalized spacial score (nSPS) is 14.8. The molecule has 1 aromatic heterocycles. The van der Waals surface area contributed by atoms with Crippen molar-refractivity contribution in [2.24, 2.45) is 0 Å². The average Bonchev–Trinajstić information content (AvgIpc) is 3.01. The first kappa shape index (κ1) is 11.1. The summed E-state index contributed by atoms with van der Waals surface area (Å²) >= 11 is 0. The molecule has 0 spiro atoms. The van der Waals surface area contributed by atoms with Crippen molar-refractivity contribution in [1.82, 2.24) is 10.3 Å². The van der Waals surface area contributed by atoms with E-state index in [0.29, 0.717) is 18.3 Å². The molecular formula is C12H17N3O. The second kappa shape index (κ2) is 5.07. The molecule has 1 aliphatic carbocycles. The van der Waals surface area contributed by atoms with Crippen molar-refractivity contribution in [1.29, 1.82) is 0 Å². The van der Waals surface area contributed by atoms with E-state index in [-0.39, 0.29) is 5.91 Å². The summed E-state index contributed by atoms with van der Waals surface area (Å²) in [4.78, 5) is 15.8. The number of hydrogen-bond donors (Lipinski definition) is 2. The number of carbonyl (C=O) groups is 1. The number of nitrogens with one attached hydrogen (secondary N) is 2. The highest BCUT2D eigenvalue weighted by molar-refractivity contribution is 5.89. The molecule has 16 heavy (non-hydrogen) atoms. The minimum atomic E-state index is 0.0197. The minimum Gasteiger partial charge on any atom is -0.313 e. The lowest BCUT2D eigenvalue weighted by Gasteiger charge is -2.05. The Kier molecular flexibility index (Phi) is 3.51. The second-order valence-corrected chi connectivity index (χ2v) is 4.19. The van der Waals surface area contributed by atoms with Gasteiger partial charge in [-0.05, 0) is 31.9 Å². The summed E-state index contributed by atoms with van der Waals surface area (Å²) in [5.41, 5.74) is 0.911. The fraction of sp³-hybridized carbons (Fsp3) is 0.500. The van der Waals surface area contributed by atoms with Gasteiger partial charge in [-0.25, -0.2) is 4.98 Å². The number of anilines is 1. The number of aryl methyl sites for hydroxylation is 1. The maximum absolute atomic E-state index is 11.5. The largest absolute Gasteiger partial charge is 0.313 e. The quantitative estimate of drug-likeness (QED) is 0.788. The van der Waals surface area contributed by atoms with E-state index in [1.54, 1.807) is 6.07 Å². The van der Waals surface area contributed by atoms with Crippen LogP contribution in [-0.4, -0.2) is 23.5 Å². The summed E-state index contributed by atoms with van der Waals surface area (Å²) in [6, 6.07) is 6.26. The van der Waals surface area contributed by atoms with Crippen molar-refractivity contribution < 1.29 is 4.79 Å². The first-order valence-corrected chi connectivity index (χ1v) is 5.71. The number of nitrogens with zero attached hydrogens (tertiary/aromatic N) is 1. The van der Waals surface area contributed by atoms with Gasteiger partial charge in [-0.15, -0.1) is 0 Å². The van der Waals surface area contributed by atoms with E-state index >= 15 is 0 Å². The van der Waals surface area contributed by atoms with Crippen LogP contribution in [0.5, 0.6) is 0 Å². The summed E-state index contributed by atoms with van der Waals surface area (Å²) in [5, 5.41) is 6.09. The van der Waals surface area contributed by atoms with Crippen LogP contribution in [0.2, 0.25) is 0 Å². The monoisotopic (exact) mass is 219 g/mol. The Labute approximate surface area is 95.5 Å². The summed E-state index contributed by atoms with van der Waals surface area (Å²) in [6.45, 7) is 2.66. The van der Waals surface area contributed by atoms with E-state index in [0.717, 1.165) is 12.2 Å². The van der Waals surface area contributed by atoms with Crippen LogP contribution in [0.3, 0.4) is 0 Å². The van der Waals surface area contributed by atoms with Crippen molar-refractivity contribution in [2.75, 3.05) is 11.9 Å². The van der Waals surface area contributed by atoms with Gasteiger partial charge >= 0.3 is 0 Å². The molecule has 1 aliphatic rings. The van der Waals surface area contributed by atoms with E-state index in [9.17, 15) is 4.79 Å². The molecule has 0 atom stereocenters. The van der Waals surface area contributed by atoms with Crippen molar-refractivity contribution in [2.45, 2.75) is 32.2 Å². The molecule has 0 bridgehead atoms. The third kappa shape index (κ3) is 3.62. The number of aromatic nitrogens is 1. The second-order valence-electron chi connectivity index (χ2n) is 4.19. The molecule has 0 saturated heterocycles. The standard InChI is InChI=1S/C12H17N3O/c1-9-3-2-4-11(14-9)15-12(16)7-8-13-10-5-6-10/h2-4,10,13H,5-8H2,1H3,(H,14,15,16). The molecule has 1 saturated carbocycles. The van der Waals surface area contributed by atoms with Crippen LogP contribution in [-0.2, 0) is 4.79 Å². The van der Waals surface area contributed by atoms with Crippen LogP contribution in [0.4, 0.5) is 5.82 Å². The molecule has 0 aromatic carbocycles. The molecule has 1 fully saturated rings. The smallest absolute Gasteiger partial charge is 0.226 e. The lowest BCUT2D eigenvalue weighted by molar-refractivity contribution is -0.116. The van der Waals surface area contributed by atoms with E-state index in [1.807, 2.05) is 19.1 Å². The maximum atomic E-state index is 11.5. The molecular weight excluding hydrogens is 202 g/mol. The molecule has 1 heterocycles. The molecule has 1 amide bonds. The van der Waals surface area contributed by atoms with Gasteiger partial charge in [0, 0.05) is 24.7 Å². The van der Waals surface area contributed by atoms with Crippen LogP contribution in [0.25, 0.3) is 0 Å². The van der Waals surface area contributed by atoms with E-state index in [4.69, 9.17) is 0 Å². The SMILES string of the molecule is Cc1cccc(NC(=O)CCNC2CC2)n1. The minimum absolute atomic E-state index is 0.0197. The Hall–Kier alpha value is -1.42. The first-order chi connectivity index (χ1) is 7.74. The third-order valence-corrected chi connectivity index (χ3v) is 2.52. The molecule has 2 N–H and O–H groups in total. The van der Waals surface area contributed by atoms with Crippen molar-refractivity contribution in [3.05, 3.63) is 23.9 Å². The molecule has 4 nitrogen and oxygen atoms in total. The highest BCUT2D eigenvalue weighted by Crippen LogP contribution is 2.18. The zero-order valence-electron chi connectivity index (χ0n) is 9.49. The van der Waals surface area contributed by atoms with E-state index in [1.165, 1.54) is 12.8 Å². The van der Waals surface area contributed by atoms with Gasteiger partial charge < -0.3 is 10.6 Å². The van der Waals surface area contributed by atoms with Crippen LogP contribution >= 0.6 is 0 Å². The zero-order valence-corrected chi connectivity index (χ0v) is 9.49. The van der Waals surface area contributed by atoms with Gasteiger partial charge in [0.05, 0.1) is 0 Å². The summed E-state index contributed by atoms with van der Waals surface area (Å²) in [7, 11) is 0. The van der Waals surface area contributed by atoms with Gasteiger partial charge in [0.2, 0.25) is 5.91 Å². The highest BCUT2D eigenvalue weighted by Gasteiger charge is 2.20. The van der Waals surface area contributed by atoms with Crippen LogP contribution < -0.4 is 10.6 Å². The number of hydrogen-bond acceptors (Lipinski definition) is 3. The fourth-order valence-corrected chi connectivity index (χ4v) is 1.50. The molecule has 0 unspecified atom stereocenters. The van der Waals surface area contributed by atoms with Crippen LogP contribution in [0.15, 0.2) is 18.2 Å². The fourth-order valence-electron chi connectivity index (χ4n) is 1.50. The Bertz CT molecular complexity index is 374. The Balaban J connectivity index is 1.73. The molecule has 2 rings (SSSR count). The lowest BCUT2D eigenvalue weighted by atomic mass is 10.3. The first-order valence-electron chi connectivity index (χ1n) is 5.71. The maximum Gasteiger partial charge on any atom is 0.226 e. The zero-order chi connectivity index (χ0) is 11.4. The number of carbonyl (C=O) groups excluding carboxylic acids is 1. The summed E-state index contributed by atoms with van der Waals surface area (Å²) < 4.78 is 0. The van der Waals surface area contributed by atoms with Crippen molar-refractivity contribution >= 4 is 11.7 Å². The van der Waals surface area contributed by atoms with Crippen LogP contribution in [0, 0.1) is 6.92 Å².